The van der Waals surface area contributed by atoms with Gasteiger partial charge in [-0.2, -0.15) is 0 Å². The third-order valence-corrected chi connectivity index (χ3v) is 2.18. The molecule has 7 nitrogen and oxygen atoms in total. The number of nitro groups is 1. The van der Waals surface area contributed by atoms with E-state index in [0.717, 1.165) is 12.8 Å². The van der Waals surface area contributed by atoms with Gasteiger partial charge in [0.05, 0.1) is 11.5 Å². The van der Waals surface area contributed by atoms with E-state index in [0.29, 0.717) is 6.61 Å². The van der Waals surface area contributed by atoms with E-state index in [9.17, 15) is 10.1 Å². The van der Waals surface area contributed by atoms with Crippen molar-refractivity contribution in [2.45, 2.75) is 26.1 Å². The summed E-state index contributed by atoms with van der Waals surface area (Å²) in [5.41, 5.74) is 5.42. The number of allylic oxidation sites excluding steroid dienone is 1. The zero-order chi connectivity index (χ0) is 12.8. The predicted molar refractivity (Wildman–Crippen MR) is 63.6 cm³/mol. The van der Waals surface area contributed by atoms with Crippen LogP contribution in [0.5, 0.6) is 0 Å². The molecule has 1 heterocycles. The molecular formula is C10H16N4O3. The lowest BCUT2D eigenvalue weighted by atomic mass is 10.2. The van der Waals surface area contributed by atoms with E-state index in [-0.39, 0.29) is 17.2 Å². The first-order valence-electron chi connectivity index (χ1n) is 5.33. The maximum atomic E-state index is 10.8. The lowest BCUT2D eigenvalue weighted by molar-refractivity contribution is -0.417. The van der Waals surface area contributed by atoms with Gasteiger partial charge in [-0.15, -0.1) is 0 Å². The SMILES string of the molecule is C=CC1=NC(OCCCC)NC(N)=C1[N+](=O)[O-]. The largest absolute Gasteiger partial charge is 0.380 e. The second-order valence-electron chi connectivity index (χ2n) is 3.46. The van der Waals surface area contributed by atoms with E-state index in [4.69, 9.17) is 10.5 Å². The average molecular weight is 240 g/mol. The number of ether oxygens (including phenoxy) is 1. The summed E-state index contributed by atoms with van der Waals surface area (Å²) in [6.07, 6.45) is 2.50. The van der Waals surface area contributed by atoms with Crippen LogP contribution in [0.15, 0.2) is 29.2 Å². The Morgan fingerprint density at radius 3 is 3.00 bits per heavy atom. The molecule has 0 aromatic rings. The summed E-state index contributed by atoms with van der Waals surface area (Å²) in [7, 11) is 0. The summed E-state index contributed by atoms with van der Waals surface area (Å²) in [6.45, 7) is 6.03. The Balaban J connectivity index is 2.77. The number of aliphatic imine (C=N–C) groups is 1. The zero-order valence-electron chi connectivity index (χ0n) is 9.68. The highest BCUT2D eigenvalue weighted by atomic mass is 16.6. The fourth-order valence-corrected chi connectivity index (χ4v) is 1.32. The topological polar surface area (TPSA) is 103 Å². The molecule has 0 saturated heterocycles. The van der Waals surface area contributed by atoms with Crippen molar-refractivity contribution < 1.29 is 9.66 Å². The number of nitrogens with two attached hydrogens (primary N) is 1. The van der Waals surface area contributed by atoms with Crippen molar-refractivity contribution in [3.8, 4) is 0 Å². The minimum atomic E-state index is -0.682. The van der Waals surface area contributed by atoms with Gasteiger partial charge in [-0.1, -0.05) is 19.9 Å². The van der Waals surface area contributed by atoms with Crippen LogP contribution in [0.1, 0.15) is 19.8 Å². The number of hydrogen-bond acceptors (Lipinski definition) is 6. The van der Waals surface area contributed by atoms with Gasteiger partial charge in [-0.3, -0.25) is 10.1 Å². The van der Waals surface area contributed by atoms with E-state index in [2.05, 4.69) is 16.9 Å². The Labute approximate surface area is 99.2 Å². The molecule has 1 unspecified atom stereocenters. The van der Waals surface area contributed by atoms with Gasteiger partial charge in [0.15, 0.2) is 5.82 Å². The van der Waals surface area contributed by atoms with Crippen molar-refractivity contribution in [3.63, 3.8) is 0 Å². The van der Waals surface area contributed by atoms with Crippen LogP contribution in [-0.4, -0.2) is 23.6 Å². The third-order valence-electron chi connectivity index (χ3n) is 2.18. The highest BCUT2D eigenvalue weighted by Gasteiger charge is 2.28. The van der Waals surface area contributed by atoms with E-state index in [1.807, 2.05) is 6.92 Å². The van der Waals surface area contributed by atoms with Crippen molar-refractivity contribution >= 4 is 5.71 Å². The first-order valence-corrected chi connectivity index (χ1v) is 5.33. The summed E-state index contributed by atoms with van der Waals surface area (Å²) < 4.78 is 5.37. The second-order valence-corrected chi connectivity index (χ2v) is 3.46. The number of nitrogens with zero attached hydrogens (tertiary/aromatic N) is 2. The molecule has 0 spiro atoms. The van der Waals surface area contributed by atoms with Gasteiger partial charge in [0.2, 0.25) is 6.35 Å². The molecule has 1 aliphatic heterocycles. The first kappa shape index (κ1) is 13.2. The van der Waals surface area contributed by atoms with Gasteiger partial charge in [0.25, 0.3) is 0 Å². The van der Waals surface area contributed by atoms with Gasteiger partial charge in [-0.05, 0) is 12.5 Å². The van der Waals surface area contributed by atoms with E-state index < -0.39 is 11.3 Å². The van der Waals surface area contributed by atoms with Crippen LogP contribution in [-0.2, 0) is 4.74 Å². The fraction of sp³-hybridized carbons (Fsp3) is 0.500. The van der Waals surface area contributed by atoms with Crippen molar-refractivity contribution in [2.24, 2.45) is 10.7 Å². The minimum absolute atomic E-state index is 0.0543. The molecule has 17 heavy (non-hydrogen) atoms. The molecule has 94 valence electrons. The predicted octanol–water partition coefficient (Wildman–Crippen LogP) is 0.721. The molecule has 1 rings (SSSR count). The molecule has 0 aromatic carbocycles. The summed E-state index contributed by atoms with van der Waals surface area (Å²) in [5.74, 6) is -0.0543. The van der Waals surface area contributed by atoms with Crippen LogP contribution >= 0.6 is 0 Å². The van der Waals surface area contributed by atoms with Gasteiger partial charge >= 0.3 is 5.70 Å². The standard InChI is InChI=1S/C10H16N4O3/c1-3-5-6-17-10-12-7(4-2)8(14(15)16)9(11)13-10/h4,10,13H,2-3,5-6,11H2,1H3. The normalized spacial score (nSPS) is 19.6. The fourth-order valence-electron chi connectivity index (χ4n) is 1.32. The van der Waals surface area contributed by atoms with Crippen LogP contribution in [0.25, 0.3) is 0 Å². The maximum absolute atomic E-state index is 10.8. The van der Waals surface area contributed by atoms with Crippen LogP contribution in [0.3, 0.4) is 0 Å². The van der Waals surface area contributed by atoms with Crippen LogP contribution in [0.2, 0.25) is 0 Å². The van der Waals surface area contributed by atoms with Gasteiger partial charge in [0.1, 0.15) is 5.71 Å². The molecule has 0 fully saturated rings. The highest BCUT2D eigenvalue weighted by Crippen LogP contribution is 2.11. The molecule has 0 amide bonds. The van der Waals surface area contributed by atoms with Crippen LogP contribution in [0.4, 0.5) is 0 Å². The Hall–Kier alpha value is -1.89. The number of rotatable bonds is 6. The second kappa shape index (κ2) is 6.00. The quantitative estimate of drug-likeness (QED) is 0.404. The molecule has 7 heteroatoms. The van der Waals surface area contributed by atoms with Crippen molar-refractivity contribution in [1.29, 1.82) is 0 Å². The Bertz CT molecular complexity index is 376. The monoisotopic (exact) mass is 240 g/mol. The van der Waals surface area contributed by atoms with E-state index in [1.54, 1.807) is 0 Å². The summed E-state index contributed by atoms with van der Waals surface area (Å²) in [5, 5.41) is 13.4. The Morgan fingerprint density at radius 1 is 1.76 bits per heavy atom. The van der Waals surface area contributed by atoms with Gasteiger partial charge < -0.3 is 15.8 Å². The molecule has 1 atom stereocenters. The minimum Gasteiger partial charge on any atom is -0.380 e. The molecule has 0 saturated carbocycles. The number of hydrogen-bond donors (Lipinski definition) is 2. The van der Waals surface area contributed by atoms with E-state index in [1.165, 1.54) is 6.08 Å². The van der Waals surface area contributed by atoms with Crippen LogP contribution < -0.4 is 11.1 Å². The summed E-state index contributed by atoms with van der Waals surface area (Å²) >= 11 is 0. The smallest absolute Gasteiger partial charge is 0.333 e. The lowest BCUT2D eigenvalue weighted by Crippen LogP contribution is -2.40. The van der Waals surface area contributed by atoms with E-state index >= 15 is 0 Å². The molecule has 1 aliphatic rings. The van der Waals surface area contributed by atoms with Gasteiger partial charge in [-0.25, -0.2) is 4.99 Å². The van der Waals surface area contributed by atoms with Crippen molar-refractivity contribution in [3.05, 3.63) is 34.3 Å². The Kier molecular flexibility index (Phi) is 4.65. The lowest BCUT2D eigenvalue weighted by Gasteiger charge is -2.21. The molecule has 0 bridgehead atoms. The third kappa shape index (κ3) is 3.28. The van der Waals surface area contributed by atoms with Crippen molar-refractivity contribution in [2.75, 3.05) is 6.61 Å². The summed E-state index contributed by atoms with van der Waals surface area (Å²) in [4.78, 5) is 14.2. The number of unbranched alkanes of at least 4 members (excludes halogenated alkanes) is 1. The van der Waals surface area contributed by atoms with Gasteiger partial charge in [0, 0.05) is 0 Å². The Morgan fingerprint density at radius 2 is 2.47 bits per heavy atom. The van der Waals surface area contributed by atoms with Crippen LogP contribution in [0, 0.1) is 10.1 Å². The zero-order valence-corrected chi connectivity index (χ0v) is 9.68. The molecule has 0 radical (unpaired) electrons. The summed E-state index contributed by atoms with van der Waals surface area (Å²) in [6, 6.07) is 0. The maximum Gasteiger partial charge on any atom is 0.333 e. The molecule has 3 N–H and O–H groups in total. The first-order chi connectivity index (χ1) is 8.10. The molecule has 0 aromatic heterocycles. The number of nitrogens with one attached hydrogen (secondary N) is 1. The highest BCUT2D eigenvalue weighted by molar-refractivity contribution is 6.07. The average Bonchev–Trinajstić information content (AvgIpc) is 2.27. The van der Waals surface area contributed by atoms with Crippen molar-refractivity contribution in [1.82, 2.24) is 5.32 Å². The molecular weight excluding hydrogens is 224 g/mol. The molecule has 0 aliphatic carbocycles.